The lowest BCUT2D eigenvalue weighted by molar-refractivity contribution is -0.118. The fraction of sp³-hybridized carbons (Fsp3) is 0.250. The van der Waals surface area contributed by atoms with Crippen molar-refractivity contribution in [3.63, 3.8) is 0 Å². The highest BCUT2D eigenvalue weighted by Crippen LogP contribution is 2.11. The number of aromatic nitrogens is 1. The number of aromatic carboxylic acids is 1. The second-order valence-corrected chi connectivity index (χ2v) is 7.04. The number of hydrogen-bond acceptors (Lipinski definition) is 6. The molecule has 0 aliphatic rings. The number of rotatable bonds is 8. The predicted octanol–water partition coefficient (Wildman–Crippen LogP) is 2.14. The molecule has 3 N–H and O–H groups in total. The number of amides is 2. The van der Waals surface area contributed by atoms with Crippen molar-refractivity contribution in [2.75, 3.05) is 16.8 Å². The molecular formula is C16H17N3O4S2. The van der Waals surface area contributed by atoms with Crippen LogP contribution in [-0.4, -0.2) is 39.4 Å². The zero-order valence-corrected chi connectivity index (χ0v) is 15.1. The van der Waals surface area contributed by atoms with E-state index in [2.05, 4.69) is 15.6 Å². The molecule has 0 spiro atoms. The molecule has 2 aromatic rings. The fourth-order valence-corrected chi connectivity index (χ4v) is 3.14. The summed E-state index contributed by atoms with van der Waals surface area (Å²) in [6.45, 7) is 2.14. The standard InChI is InChI=1S/C16H17N3O4S2/c1-10-2-4-11(5-3-10)18-14(21)9-24-8-13(20)17-6-15-19-12(7-25-15)16(22)23/h2-5,7H,6,8-9H2,1H3,(H,17,20)(H,18,21)(H,22,23). The maximum Gasteiger partial charge on any atom is 0.355 e. The summed E-state index contributed by atoms with van der Waals surface area (Å²) in [6, 6.07) is 7.46. The molecule has 7 nitrogen and oxygen atoms in total. The van der Waals surface area contributed by atoms with Crippen molar-refractivity contribution in [2.24, 2.45) is 0 Å². The van der Waals surface area contributed by atoms with Crippen molar-refractivity contribution < 1.29 is 19.5 Å². The molecule has 0 saturated heterocycles. The van der Waals surface area contributed by atoms with Gasteiger partial charge in [0.1, 0.15) is 5.01 Å². The zero-order chi connectivity index (χ0) is 18.2. The SMILES string of the molecule is Cc1ccc(NC(=O)CSCC(=O)NCc2nc(C(=O)O)cs2)cc1. The highest BCUT2D eigenvalue weighted by atomic mass is 32.2. The molecule has 2 rings (SSSR count). The quantitative estimate of drug-likeness (QED) is 0.648. The first-order valence-electron chi connectivity index (χ1n) is 7.32. The van der Waals surface area contributed by atoms with Crippen LogP contribution in [0.2, 0.25) is 0 Å². The lowest BCUT2D eigenvalue weighted by Gasteiger charge is -2.06. The van der Waals surface area contributed by atoms with Gasteiger partial charge in [0.25, 0.3) is 0 Å². The Bertz CT molecular complexity index is 759. The Morgan fingerprint density at radius 1 is 1.16 bits per heavy atom. The van der Waals surface area contributed by atoms with Gasteiger partial charge >= 0.3 is 5.97 Å². The van der Waals surface area contributed by atoms with Crippen molar-refractivity contribution in [2.45, 2.75) is 13.5 Å². The minimum absolute atomic E-state index is 0.0311. The van der Waals surface area contributed by atoms with Gasteiger partial charge in [0.2, 0.25) is 11.8 Å². The molecule has 9 heteroatoms. The van der Waals surface area contributed by atoms with Gasteiger partial charge in [-0.3, -0.25) is 9.59 Å². The minimum atomic E-state index is -1.09. The largest absolute Gasteiger partial charge is 0.476 e. The average Bonchev–Trinajstić information content (AvgIpc) is 3.04. The Kier molecular flexibility index (Phi) is 6.96. The van der Waals surface area contributed by atoms with Crippen LogP contribution in [0.4, 0.5) is 5.69 Å². The number of carboxylic acid groups (broad SMARTS) is 1. The van der Waals surface area contributed by atoms with Crippen molar-refractivity contribution in [3.8, 4) is 0 Å². The van der Waals surface area contributed by atoms with Gasteiger partial charge < -0.3 is 15.7 Å². The van der Waals surface area contributed by atoms with Crippen LogP contribution in [-0.2, 0) is 16.1 Å². The number of thioether (sulfide) groups is 1. The van der Waals surface area contributed by atoms with E-state index in [1.54, 1.807) is 0 Å². The van der Waals surface area contributed by atoms with Crippen LogP contribution in [0.3, 0.4) is 0 Å². The monoisotopic (exact) mass is 379 g/mol. The summed E-state index contributed by atoms with van der Waals surface area (Å²) in [7, 11) is 0. The summed E-state index contributed by atoms with van der Waals surface area (Å²) >= 11 is 2.38. The molecule has 0 bridgehead atoms. The van der Waals surface area contributed by atoms with Crippen molar-refractivity contribution in [3.05, 3.63) is 45.9 Å². The average molecular weight is 379 g/mol. The maximum absolute atomic E-state index is 11.8. The normalized spacial score (nSPS) is 10.3. The number of carbonyl (C=O) groups excluding carboxylic acids is 2. The third kappa shape index (κ3) is 6.55. The highest BCUT2D eigenvalue weighted by molar-refractivity contribution is 8.00. The van der Waals surface area contributed by atoms with E-state index >= 15 is 0 Å². The van der Waals surface area contributed by atoms with Gasteiger partial charge in [0, 0.05) is 11.1 Å². The van der Waals surface area contributed by atoms with E-state index in [0.717, 1.165) is 11.3 Å². The zero-order valence-electron chi connectivity index (χ0n) is 13.4. The number of thiazole rings is 1. The summed E-state index contributed by atoms with van der Waals surface area (Å²) in [5, 5.41) is 16.1. The molecular weight excluding hydrogens is 362 g/mol. The van der Waals surface area contributed by atoms with Crippen molar-refractivity contribution in [1.29, 1.82) is 0 Å². The number of aryl methyl sites for hydroxylation is 1. The first-order chi connectivity index (χ1) is 11.9. The molecule has 0 aliphatic carbocycles. The van der Waals surface area contributed by atoms with Crippen LogP contribution in [0.5, 0.6) is 0 Å². The van der Waals surface area contributed by atoms with Crippen LogP contribution in [0, 0.1) is 6.92 Å². The molecule has 0 saturated carbocycles. The molecule has 1 heterocycles. The number of carboxylic acids is 1. The van der Waals surface area contributed by atoms with Gasteiger partial charge in [-0.25, -0.2) is 9.78 Å². The second-order valence-electron chi connectivity index (χ2n) is 5.12. The van der Waals surface area contributed by atoms with E-state index in [9.17, 15) is 14.4 Å². The first kappa shape index (κ1) is 18.9. The Labute approximate surface area is 152 Å². The Morgan fingerprint density at radius 3 is 2.48 bits per heavy atom. The molecule has 0 aliphatic heterocycles. The number of nitrogens with zero attached hydrogens (tertiary/aromatic N) is 1. The molecule has 132 valence electrons. The molecule has 25 heavy (non-hydrogen) atoms. The second kappa shape index (κ2) is 9.19. The summed E-state index contributed by atoms with van der Waals surface area (Å²) < 4.78 is 0. The summed E-state index contributed by atoms with van der Waals surface area (Å²) in [5.74, 6) is -1.20. The van der Waals surface area contributed by atoms with E-state index < -0.39 is 5.97 Å². The third-order valence-electron chi connectivity index (χ3n) is 3.01. The summed E-state index contributed by atoms with van der Waals surface area (Å²) in [4.78, 5) is 38.1. The van der Waals surface area contributed by atoms with E-state index in [0.29, 0.717) is 5.01 Å². The molecule has 0 fully saturated rings. The van der Waals surface area contributed by atoms with Crippen LogP contribution in [0.25, 0.3) is 0 Å². The Morgan fingerprint density at radius 2 is 1.84 bits per heavy atom. The van der Waals surface area contributed by atoms with E-state index in [1.165, 1.54) is 28.5 Å². The molecule has 1 aromatic carbocycles. The lowest BCUT2D eigenvalue weighted by atomic mass is 10.2. The number of benzene rings is 1. The molecule has 1 aromatic heterocycles. The molecule has 0 atom stereocenters. The van der Waals surface area contributed by atoms with Crippen LogP contribution in [0.15, 0.2) is 29.6 Å². The van der Waals surface area contributed by atoms with Gasteiger partial charge in [-0.1, -0.05) is 17.7 Å². The Hall–Kier alpha value is -2.39. The first-order valence-corrected chi connectivity index (χ1v) is 9.36. The van der Waals surface area contributed by atoms with Gasteiger partial charge in [-0.15, -0.1) is 23.1 Å². The van der Waals surface area contributed by atoms with Crippen LogP contribution >= 0.6 is 23.1 Å². The topological polar surface area (TPSA) is 108 Å². The van der Waals surface area contributed by atoms with Gasteiger partial charge in [-0.2, -0.15) is 0 Å². The number of hydrogen-bond donors (Lipinski definition) is 3. The molecule has 0 radical (unpaired) electrons. The van der Waals surface area contributed by atoms with E-state index in [1.807, 2.05) is 31.2 Å². The summed E-state index contributed by atoms with van der Waals surface area (Å²) in [5.41, 5.74) is 1.80. The van der Waals surface area contributed by atoms with E-state index in [-0.39, 0.29) is 35.6 Å². The smallest absolute Gasteiger partial charge is 0.355 e. The highest BCUT2D eigenvalue weighted by Gasteiger charge is 2.10. The maximum atomic E-state index is 11.8. The third-order valence-corrected chi connectivity index (χ3v) is 4.79. The van der Waals surface area contributed by atoms with Gasteiger partial charge in [0.05, 0.1) is 18.1 Å². The number of carbonyl (C=O) groups is 3. The molecule has 0 unspecified atom stereocenters. The van der Waals surface area contributed by atoms with Crippen molar-refractivity contribution >= 4 is 46.6 Å². The number of nitrogens with one attached hydrogen (secondary N) is 2. The lowest BCUT2D eigenvalue weighted by Crippen LogP contribution is -2.25. The predicted molar refractivity (Wildman–Crippen MR) is 98.1 cm³/mol. The number of anilines is 1. The van der Waals surface area contributed by atoms with Gasteiger partial charge in [0.15, 0.2) is 5.69 Å². The van der Waals surface area contributed by atoms with E-state index in [4.69, 9.17) is 5.11 Å². The van der Waals surface area contributed by atoms with Crippen LogP contribution in [0.1, 0.15) is 21.1 Å². The molecule has 2 amide bonds. The minimum Gasteiger partial charge on any atom is -0.476 e. The fourth-order valence-electron chi connectivity index (χ4n) is 1.79. The van der Waals surface area contributed by atoms with Crippen molar-refractivity contribution in [1.82, 2.24) is 10.3 Å². The van der Waals surface area contributed by atoms with Crippen LogP contribution < -0.4 is 10.6 Å². The Balaban J connectivity index is 1.65. The van der Waals surface area contributed by atoms with Gasteiger partial charge in [-0.05, 0) is 19.1 Å². The summed E-state index contributed by atoms with van der Waals surface area (Å²) in [6.07, 6.45) is 0.